The van der Waals surface area contributed by atoms with Crippen molar-refractivity contribution in [3.63, 3.8) is 0 Å². The number of amides is 1. The Morgan fingerprint density at radius 2 is 1.96 bits per heavy atom. The molecule has 28 heavy (non-hydrogen) atoms. The Kier molecular flexibility index (Phi) is 6.70. The molecular weight excluding hydrogens is 440 g/mol. The van der Waals surface area contributed by atoms with Crippen molar-refractivity contribution in [1.82, 2.24) is 4.98 Å². The van der Waals surface area contributed by atoms with E-state index in [1.807, 2.05) is 47.8 Å². The Balaban J connectivity index is 1.57. The standard InChI is InChI=1S/C21H21BrN2O3S/c1-13(2)14-4-7-16(8-5-14)27-11-20(25)24-21-23-18(12-28-21)15-6-9-19(26-3)17(22)10-15/h4-10,12-13H,11H2,1-3H3,(H,23,24,25). The number of benzene rings is 2. The largest absolute Gasteiger partial charge is 0.496 e. The van der Waals surface area contributed by atoms with Crippen LogP contribution in [0.15, 0.2) is 52.3 Å². The van der Waals surface area contributed by atoms with Crippen molar-refractivity contribution in [1.29, 1.82) is 0 Å². The first-order valence-electron chi connectivity index (χ1n) is 8.78. The Labute approximate surface area is 176 Å². The topological polar surface area (TPSA) is 60.5 Å². The van der Waals surface area contributed by atoms with Gasteiger partial charge >= 0.3 is 0 Å². The SMILES string of the molecule is COc1ccc(-c2csc(NC(=O)COc3ccc(C(C)C)cc3)n2)cc1Br. The fourth-order valence-electron chi connectivity index (χ4n) is 2.54. The molecule has 146 valence electrons. The first-order valence-corrected chi connectivity index (χ1v) is 10.5. The molecule has 3 aromatic rings. The van der Waals surface area contributed by atoms with E-state index in [0.717, 1.165) is 21.5 Å². The molecule has 1 N–H and O–H groups in total. The quantitative estimate of drug-likeness (QED) is 0.489. The van der Waals surface area contributed by atoms with Gasteiger partial charge in [-0.15, -0.1) is 11.3 Å². The number of ether oxygens (including phenoxy) is 2. The average molecular weight is 461 g/mol. The summed E-state index contributed by atoms with van der Waals surface area (Å²) in [7, 11) is 1.62. The van der Waals surface area contributed by atoms with Gasteiger partial charge in [-0.25, -0.2) is 4.98 Å². The van der Waals surface area contributed by atoms with E-state index in [4.69, 9.17) is 9.47 Å². The summed E-state index contributed by atoms with van der Waals surface area (Å²) in [5.74, 6) is 1.64. The number of rotatable bonds is 7. The van der Waals surface area contributed by atoms with Crippen molar-refractivity contribution in [2.24, 2.45) is 0 Å². The molecule has 0 radical (unpaired) electrons. The van der Waals surface area contributed by atoms with E-state index >= 15 is 0 Å². The van der Waals surface area contributed by atoms with Gasteiger partial charge in [-0.2, -0.15) is 0 Å². The lowest BCUT2D eigenvalue weighted by molar-refractivity contribution is -0.118. The summed E-state index contributed by atoms with van der Waals surface area (Å²) >= 11 is 4.84. The van der Waals surface area contributed by atoms with E-state index < -0.39 is 0 Å². The number of nitrogens with one attached hydrogen (secondary N) is 1. The highest BCUT2D eigenvalue weighted by Gasteiger charge is 2.10. The normalized spacial score (nSPS) is 10.8. The summed E-state index contributed by atoms with van der Waals surface area (Å²) in [6.07, 6.45) is 0. The van der Waals surface area contributed by atoms with Gasteiger partial charge in [-0.1, -0.05) is 26.0 Å². The molecule has 0 unspecified atom stereocenters. The molecule has 1 heterocycles. The van der Waals surface area contributed by atoms with Gasteiger partial charge in [0, 0.05) is 10.9 Å². The Bertz CT molecular complexity index is 955. The molecule has 0 aliphatic rings. The first kappa shape index (κ1) is 20.4. The highest BCUT2D eigenvalue weighted by Crippen LogP contribution is 2.32. The monoisotopic (exact) mass is 460 g/mol. The van der Waals surface area contributed by atoms with Crippen molar-refractivity contribution in [2.45, 2.75) is 19.8 Å². The number of methoxy groups -OCH3 is 1. The maximum Gasteiger partial charge on any atom is 0.264 e. The molecule has 0 spiro atoms. The van der Waals surface area contributed by atoms with Crippen LogP contribution in [-0.2, 0) is 4.79 Å². The van der Waals surface area contributed by atoms with Crippen LogP contribution in [0.1, 0.15) is 25.3 Å². The smallest absolute Gasteiger partial charge is 0.264 e. The highest BCUT2D eigenvalue weighted by molar-refractivity contribution is 9.10. The van der Waals surface area contributed by atoms with E-state index in [0.29, 0.717) is 16.8 Å². The van der Waals surface area contributed by atoms with Crippen LogP contribution < -0.4 is 14.8 Å². The number of hydrogen-bond acceptors (Lipinski definition) is 5. The van der Waals surface area contributed by atoms with E-state index in [1.165, 1.54) is 16.9 Å². The molecule has 0 saturated carbocycles. The number of carbonyl (C=O) groups excluding carboxylic acids is 1. The third-order valence-electron chi connectivity index (χ3n) is 4.11. The zero-order valence-corrected chi connectivity index (χ0v) is 18.3. The third-order valence-corrected chi connectivity index (χ3v) is 5.49. The number of thiazole rings is 1. The minimum atomic E-state index is -0.246. The van der Waals surface area contributed by atoms with Crippen molar-refractivity contribution >= 4 is 38.3 Å². The fourth-order valence-corrected chi connectivity index (χ4v) is 3.82. The van der Waals surface area contributed by atoms with Crippen molar-refractivity contribution in [3.8, 4) is 22.8 Å². The van der Waals surface area contributed by atoms with Crippen LogP contribution in [0, 0.1) is 0 Å². The molecule has 0 bridgehead atoms. The van der Waals surface area contributed by atoms with Crippen molar-refractivity contribution in [2.75, 3.05) is 19.0 Å². The van der Waals surface area contributed by atoms with E-state index in [-0.39, 0.29) is 12.5 Å². The lowest BCUT2D eigenvalue weighted by Gasteiger charge is -2.08. The number of nitrogens with zero attached hydrogens (tertiary/aromatic N) is 1. The molecule has 7 heteroatoms. The molecule has 0 atom stereocenters. The summed E-state index contributed by atoms with van der Waals surface area (Å²) < 4.78 is 11.6. The lowest BCUT2D eigenvalue weighted by atomic mass is 10.0. The van der Waals surface area contributed by atoms with Crippen LogP contribution in [0.5, 0.6) is 11.5 Å². The minimum absolute atomic E-state index is 0.0655. The number of carbonyl (C=O) groups is 1. The lowest BCUT2D eigenvalue weighted by Crippen LogP contribution is -2.20. The van der Waals surface area contributed by atoms with Gasteiger partial charge < -0.3 is 9.47 Å². The van der Waals surface area contributed by atoms with Gasteiger partial charge in [0.05, 0.1) is 17.3 Å². The molecular formula is C21H21BrN2O3S. The molecule has 3 rings (SSSR count). The predicted octanol–water partition coefficient (Wildman–Crippen LogP) is 5.72. The van der Waals surface area contributed by atoms with Crippen molar-refractivity contribution in [3.05, 3.63) is 57.9 Å². The molecule has 5 nitrogen and oxygen atoms in total. The van der Waals surface area contributed by atoms with Gasteiger partial charge in [0.15, 0.2) is 11.7 Å². The third kappa shape index (κ3) is 5.11. The number of aromatic nitrogens is 1. The molecule has 2 aromatic carbocycles. The molecule has 1 amide bonds. The van der Waals surface area contributed by atoms with Gasteiger partial charge in [0.2, 0.25) is 0 Å². The van der Waals surface area contributed by atoms with Crippen LogP contribution in [0.2, 0.25) is 0 Å². The highest BCUT2D eigenvalue weighted by atomic mass is 79.9. The van der Waals surface area contributed by atoms with E-state index in [2.05, 4.69) is 40.1 Å². The second-order valence-electron chi connectivity index (χ2n) is 6.45. The zero-order chi connectivity index (χ0) is 20.1. The maximum absolute atomic E-state index is 12.2. The Hall–Kier alpha value is -2.38. The number of halogens is 1. The van der Waals surface area contributed by atoms with Gasteiger partial charge in [-0.3, -0.25) is 10.1 Å². The van der Waals surface area contributed by atoms with Crippen LogP contribution in [0.4, 0.5) is 5.13 Å². The van der Waals surface area contributed by atoms with Crippen molar-refractivity contribution < 1.29 is 14.3 Å². The number of anilines is 1. The van der Waals surface area contributed by atoms with Crippen LogP contribution in [0.3, 0.4) is 0 Å². The molecule has 0 saturated heterocycles. The van der Waals surface area contributed by atoms with Crippen LogP contribution in [-0.4, -0.2) is 24.6 Å². The van der Waals surface area contributed by atoms with Gasteiger partial charge in [0.1, 0.15) is 11.5 Å². The zero-order valence-electron chi connectivity index (χ0n) is 15.9. The second kappa shape index (κ2) is 9.21. The van der Waals surface area contributed by atoms with E-state index in [9.17, 15) is 4.79 Å². The summed E-state index contributed by atoms with van der Waals surface area (Å²) in [5, 5.41) is 5.21. The number of hydrogen-bond donors (Lipinski definition) is 1. The summed E-state index contributed by atoms with van der Waals surface area (Å²) in [6.45, 7) is 4.20. The van der Waals surface area contributed by atoms with Crippen LogP contribution in [0.25, 0.3) is 11.3 Å². The molecule has 0 fully saturated rings. The molecule has 1 aromatic heterocycles. The predicted molar refractivity (Wildman–Crippen MR) is 116 cm³/mol. The Morgan fingerprint density at radius 3 is 2.61 bits per heavy atom. The first-order chi connectivity index (χ1) is 13.5. The summed E-state index contributed by atoms with van der Waals surface area (Å²) in [5.41, 5.74) is 2.96. The Morgan fingerprint density at radius 1 is 1.21 bits per heavy atom. The second-order valence-corrected chi connectivity index (χ2v) is 8.16. The van der Waals surface area contributed by atoms with Crippen LogP contribution >= 0.6 is 27.3 Å². The van der Waals surface area contributed by atoms with E-state index in [1.54, 1.807) is 7.11 Å². The average Bonchev–Trinajstić information content (AvgIpc) is 3.15. The summed E-state index contributed by atoms with van der Waals surface area (Å²) in [6, 6.07) is 13.5. The molecule has 0 aliphatic carbocycles. The van der Waals surface area contributed by atoms with Gasteiger partial charge in [-0.05, 0) is 57.7 Å². The van der Waals surface area contributed by atoms with Gasteiger partial charge in [0.25, 0.3) is 5.91 Å². The summed E-state index contributed by atoms with van der Waals surface area (Å²) in [4.78, 5) is 16.6. The minimum Gasteiger partial charge on any atom is -0.496 e. The molecule has 0 aliphatic heterocycles. The fraction of sp³-hybridized carbons (Fsp3) is 0.238. The maximum atomic E-state index is 12.2.